The average Bonchev–Trinajstić information content (AvgIpc) is 3.01. The van der Waals surface area contributed by atoms with Gasteiger partial charge in [-0.3, -0.25) is 4.79 Å². The normalized spacial score (nSPS) is 14.9. The van der Waals surface area contributed by atoms with Gasteiger partial charge in [-0.15, -0.1) is 0 Å². The summed E-state index contributed by atoms with van der Waals surface area (Å²) in [6.07, 6.45) is 11.7. The number of esters is 1. The number of carbonyl (C=O) groups excluding carboxylic acids is 2. The van der Waals surface area contributed by atoms with Crippen molar-refractivity contribution in [1.29, 1.82) is 0 Å². The van der Waals surface area contributed by atoms with E-state index in [-0.39, 0.29) is 18.6 Å². The van der Waals surface area contributed by atoms with E-state index in [1.54, 1.807) is 6.08 Å². The Balaban J connectivity index is 1.82. The molecule has 0 atom stereocenters. The minimum atomic E-state index is -0.549. The highest BCUT2D eigenvalue weighted by molar-refractivity contribution is 5.89. The minimum Gasteiger partial charge on any atom is -0.490 e. The van der Waals surface area contributed by atoms with Crippen LogP contribution in [0, 0.1) is 0 Å². The molecule has 1 aliphatic rings. The van der Waals surface area contributed by atoms with Gasteiger partial charge in [-0.2, -0.15) is 0 Å². The summed E-state index contributed by atoms with van der Waals surface area (Å²) in [7, 11) is 0. The van der Waals surface area contributed by atoms with Crippen LogP contribution in [0.15, 0.2) is 24.3 Å². The molecule has 6 heteroatoms. The summed E-state index contributed by atoms with van der Waals surface area (Å²) >= 11 is 0. The Labute approximate surface area is 180 Å². The summed E-state index contributed by atoms with van der Waals surface area (Å²) in [6.45, 7) is 4.93. The third-order valence-electron chi connectivity index (χ3n) is 5.00. The zero-order valence-electron chi connectivity index (χ0n) is 18.3. The van der Waals surface area contributed by atoms with Crippen LogP contribution < -0.4 is 14.8 Å². The summed E-state index contributed by atoms with van der Waals surface area (Å²) in [4.78, 5) is 24.0. The van der Waals surface area contributed by atoms with Gasteiger partial charge in [-0.25, -0.2) is 4.79 Å². The van der Waals surface area contributed by atoms with Crippen LogP contribution >= 0.6 is 0 Å². The number of ether oxygens (including phenoxy) is 3. The molecule has 0 aliphatic heterocycles. The van der Waals surface area contributed by atoms with Crippen molar-refractivity contribution in [2.45, 2.75) is 71.3 Å². The highest BCUT2D eigenvalue weighted by Gasteiger charge is 2.15. The van der Waals surface area contributed by atoms with Crippen molar-refractivity contribution in [3.05, 3.63) is 29.8 Å². The average molecular weight is 418 g/mol. The maximum absolute atomic E-state index is 12.0. The number of nitrogens with one attached hydrogen (secondary N) is 1. The van der Waals surface area contributed by atoms with E-state index < -0.39 is 5.97 Å². The fraction of sp³-hybridized carbons (Fsp3) is 0.583. The second kappa shape index (κ2) is 13.7. The number of hydrogen-bond donors (Lipinski definition) is 1. The lowest BCUT2D eigenvalue weighted by molar-refractivity contribution is -0.144. The molecule has 1 amide bonds. The smallest absolute Gasteiger partial charge is 0.331 e. The molecule has 1 N–H and O–H groups in total. The van der Waals surface area contributed by atoms with Crippen molar-refractivity contribution in [2.75, 3.05) is 19.8 Å². The first kappa shape index (κ1) is 23.8. The molecule has 0 radical (unpaired) electrons. The van der Waals surface area contributed by atoms with Crippen LogP contribution in [0.1, 0.15) is 70.8 Å². The number of amides is 1. The first-order valence-electron chi connectivity index (χ1n) is 11.2. The summed E-state index contributed by atoms with van der Waals surface area (Å²) in [5.74, 6) is 0.551. The van der Waals surface area contributed by atoms with Gasteiger partial charge in [0.15, 0.2) is 18.1 Å². The summed E-state index contributed by atoms with van der Waals surface area (Å²) in [5, 5.41) is 2.97. The van der Waals surface area contributed by atoms with Crippen LogP contribution in [0.3, 0.4) is 0 Å². The predicted molar refractivity (Wildman–Crippen MR) is 118 cm³/mol. The summed E-state index contributed by atoms with van der Waals surface area (Å²) in [5.41, 5.74) is 0.793. The third-order valence-corrected chi connectivity index (χ3v) is 5.00. The molecule has 0 saturated heterocycles. The molecule has 166 valence electrons. The van der Waals surface area contributed by atoms with Gasteiger partial charge in [0.2, 0.25) is 0 Å². The van der Waals surface area contributed by atoms with E-state index >= 15 is 0 Å². The van der Waals surface area contributed by atoms with E-state index in [0.29, 0.717) is 24.7 Å². The molecule has 2 rings (SSSR count). The number of carbonyl (C=O) groups is 2. The second-order valence-corrected chi connectivity index (χ2v) is 7.54. The zero-order chi connectivity index (χ0) is 21.6. The molecule has 6 nitrogen and oxygen atoms in total. The lowest BCUT2D eigenvalue weighted by Crippen LogP contribution is -2.37. The minimum absolute atomic E-state index is 0.198. The molecular formula is C24H35NO5. The van der Waals surface area contributed by atoms with E-state index in [0.717, 1.165) is 44.1 Å². The molecule has 0 spiro atoms. The fourth-order valence-corrected chi connectivity index (χ4v) is 3.38. The molecule has 0 unspecified atom stereocenters. The van der Waals surface area contributed by atoms with Crippen molar-refractivity contribution in [1.82, 2.24) is 5.32 Å². The topological polar surface area (TPSA) is 73.9 Å². The van der Waals surface area contributed by atoms with Crippen LogP contribution in [-0.4, -0.2) is 37.7 Å². The molecule has 0 aromatic heterocycles. The Bertz CT molecular complexity index is 693. The van der Waals surface area contributed by atoms with Gasteiger partial charge in [0.25, 0.3) is 5.91 Å². The lowest BCUT2D eigenvalue weighted by Gasteiger charge is -2.15. The quantitative estimate of drug-likeness (QED) is 0.245. The molecule has 1 aromatic carbocycles. The molecular weight excluding hydrogens is 382 g/mol. The number of unbranched alkanes of at least 4 members (excludes halogenated alkanes) is 1. The van der Waals surface area contributed by atoms with Gasteiger partial charge in [0, 0.05) is 12.1 Å². The molecule has 0 bridgehead atoms. The van der Waals surface area contributed by atoms with Crippen molar-refractivity contribution in [3.63, 3.8) is 0 Å². The zero-order valence-corrected chi connectivity index (χ0v) is 18.3. The number of rotatable bonds is 11. The maximum Gasteiger partial charge on any atom is 0.331 e. The number of benzene rings is 1. The van der Waals surface area contributed by atoms with Crippen LogP contribution in [0.25, 0.3) is 6.08 Å². The Hall–Kier alpha value is -2.50. The third kappa shape index (κ3) is 8.89. The van der Waals surface area contributed by atoms with Crippen molar-refractivity contribution in [2.24, 2.45) is 0 Å². The first-order chi connectivity index (χ1) is 14.6. The van der Waals surface area contributed by atoms with Crippen molar-refractivity contribution >= 4 is 18.0 Å². The SMILES string of the molecule is CCCCOc1ccc(/C=C/C(=O)OCC(=O)NC2CCCCCC2)cc1OCC. The maximum atomic E-state index is 12.0. The Morgan fingerprint density at radius 2 is 1.83 bits per heavy atom. The van der Waals surface area contributed by atoms with Gasteiger partial charge in [0.05, 0.1) is 13.2 Å². The first-order valence-corrected chi connectivity index (χ1v) is 11.2. The second-order valence-electron chi connectivity index (χ2n) is 7.54. The molecule has 1 saturated carbocycles. The Morgan fingerprint density at radius 1 is 1.07 bits per heavy atom. The predicted octanol–water partition coefficient (Wildman–Crippen LogP) is 4.66. The summed E-state index contributed by atoms with van der Waals surface area (Å²) in [6, 6.07) is 5.72. The number of hydrogen-bond acceptors (Lipinski definition) is 5. The van der Waals surface area contributed by atoms with Crippen LogP contribution in [0.4, 0.5) is 0 Å². The van der Waals surface area contributed by atoms with E-state index in [2.05, 4.69) is 12.2 Å². The van der Waals surface area contributed by atoms with Crippen LogP contribution in [-0.2, 0) is 14.3 Å². The standard InChI is InChI=1S/C24H35NO5/c1-3-5-16-29-21-14-12-19(17-22(21)28-4-2)13-15-24(27)30-18-23(26)25-20-10-8-6-7-9-11-20/h12-15,17,20H,3-11,16,18H2,1-2H3,(H,25,26)/b15-13+. The van der Waals surface area contributed by atoms with Crippen LogP contribution in [0.5, 0.6) is 11.5 Å². The van der Waals surface area contributed by atoms with Gasteiger partial charge in [-0.1, -0.05) is 45.1 Å². The van der Waals surface area contributed by atoms with E-state index in [1.807, 2.05) is 25.1 Å². The lowest BCUT2D eigenvalue weighted by atomic mass is 10.1. The van der Waals surface area contributed by atoms with E-state index in [4.69, 9.17) is 14.2 Å². The molecule has 1 aromatic rings. The van der Waals surface area contributed by atoms with E-state index in [9.17, 15) is 9.59 Å². The molecule has 1 aliphatic carbocycles. The highest BCUT2D eigenvalue weighted by atomic mass is 16.5. The van der Waals surface area contributed by atoms with Gasteiger partial charge in [0.1, 0.15) is 0 Å². The molecule has 0 heterocycles. The Kier molecular flexibility index (Phi) is 10.8. The van der Waals surface area contributed by atoms with Gasteiger partial charge in [-0.05, 0) is 50.0 Å². The van der Waals surface area contributed by atoms with Gasteiger partial charge >= 0.3 is 5.97 Å². The van der Waals surface area contributed by atoms with E-state index in [1.165, 1.54) is 18.9 Å². The molecule has 30 heavy (non-hydrogen) atoms. The summed E-state index contributed by atoms with van der Waals surface area (Å²) < 4.78 is 16.5. The largest absolute Gasteiger partial charge is 0.490 e. The fourth-order valence-electron chi connectivity index (χ4n) is 3.38. The van der Waals surface area contributed by atoms with Crippen molar-refractivity contribution < 1.29 is 23.8 Å². The highest BCUT2D eigenvalue weighted by Crippen LogP contribution is 2.29. The molecule has 1 fully saturated rings. The van der Waals surface area contributed by atoms with Crippen molar-refractivity contribution in [3.8, 4) is 11.5 Å². The van der Waals surface area contributed by atoms with Crippen LogP contribution in [0.2, 0.25) is 0 Å². The Morgan fingerprint density at radius 3 is 2.53 bits per heavy atom. The monoisotopic (exact) mass is 417 g/mol. The van der Waals surface area contributed by atoms with Gasteiger partial charge < -0.3 is 19.5 Å².